The largest absolute Gasteiger partial charge is 0.505 e. The summed E-state index contributed by atoms with van der Waals surface area (Å²) in [4.78, 5) is 11.0. The van der Waals surface area contributed by atoms with Crippen LogP contribution in [0.25, 0.3) is 0 Å². The molecule has 1 N–H and O–H groups in total. The van der Waals surface area contributed by atoms with Crippen molar-refractivity contribution in [3.05, 3.63) is 29.3 Å². The number of ether oxygens (including phenoxy) is 1. The van der Waals surface area contributed by atoms with Gasteiger partial charge in [0.15, 0.2) is 11.6 Å². The third-order valence-electron chi connectivity index (χ3n) is 1.73. The Hall–Kier alpha value is -1.65. The van der Waals surface area contributed by atoms with Crippen molar-refractivity contribution in [2.24, 2.45) is 0 Å². The van der Waals surface area contributed by atoms with Crippen LogP contribution in [0.3, 0.4) is 0 Å². The van der Waals surface area contributed by atoms with E-state index in [1.807, 2.05) is 0 Å². The monoisotopic (exact) mass is 216 g/mol. The molecular formula is C10H10F2O3. The van der Waals surface area contributed by atoms with Crippen LogP contribution in [-0.4, -0.2) is 17.7 Å². The smallest absolute Gasteiger partial charge is 0.310 e. The van der Waals surface area contributed by atoms with E-state index < -0.39 is 29.8 Å². The SMILES string of the molecule is CCOC(=O)Cc1cc(F)cc(O)c1F. The number of phenolic OH excluding ortho intramolecular Hbond substituents is 1. The van der Waals surface area contributed by atoms with Gasteiger partial charge >= 0.3 is 5.97 Å². The molecule has 0 aliphatic carbocycles. The van der Waals surface area contributed by atoms with Crippen LogP contribution in [0.5, 0.6) is 5.75 Å². The standard InChI is InChI=1S/C10H10F2O3/c1-2-15-9(14)4-6-3-7(11)5-8(13)10(6)12/h3,5,13H,2,4H2,1H3. The fraction of sp³-hybridized carbons (Fsp3) is 0.300. The fourth-order valence-corrected chi connectivity index (χ4v) is 1.13. The Morgan fingerprint density at radius 2 is 2.13 bits per heavy atom. The second-order valence-electron chi connectivity index (χ2n) is 2.88. The maximum Gasteiger partial charge on any atom is 0.310 e. The van der Waals surface area contributed by atoms with Crippen molar-refractivity contribution in [3.8, 4) is 5.75 Å². The van der Waals surface area contributed by atoms with Gasteiger partial charge in [-0.3, -0.25) is 4.79 Å². The minimum Gasteiger partial charge on any atom is -0.505 e. The molecule has 1 aromatic carbocycles. The van der Waals surface area contributed by atoms with Crippen LogP contribution in [0.2, 0.25) is 0 Å². The minimum atomic E-state index is -0.996. The number of rotatable bonds is 3. The van der Waals surface area contributed by atoms with E-state index in [0.717, 1.165) is 6.07 Å². The molecule has 0 fully saturated rings. The van der Waals surface area contributed by atoms with Gasteiger partial charge in [-0.1, -0.05) is 0 Å². The number of carbonyl (C=O) groups is 1. The molecule has 0 aromatic heterocycles. The summed E-state index contributed by atoms with van der Waals surface area (Å²) in [6.45, 7) is 1.78. The summed E-state index contributed by atoms with van der Waals surface area (Å²) in [5, 5.41) is 8.96. The number of benzene rings is 1. The molecule has 82 valence electrons. The van der Waals surface area contributed by atoms with Gasteiger partial charge in [-0.15, -0.1) is 0 Å². The number of halogens is 2. The first-order chi connectivity index (χ1) is 7.04. The second-order valence-corrected chi connectivity index (χ2v) is 2.88. The Balaban J connectivity index is 2.89. The van der Waals surface area contributed by atoms with Crippen LogP contribution in [0.4, 0.5) is 8.78 Å². The zero-order chi connectivity index (χ0) is 11.4. The lowest BCUT2D eigenvalue weighted by Crippen LogP contribution is -2.09. The molecule has 0 bridgehead atoms. The van der Waals surface area contributed by atoms with Crippen molar-refractivity contribution in [3.63, 3.8) is 0 Å². The highest BCUT2D eigenvalue weighted by Crippen LogP contribution is 2.21. The maximum absolute atomic E-state index is 13.2. The summed E-state index contributed by atoms with van der Waals surface area (Å²) in [5.74, 6) is -3.27. The third kappa shape index (κ3) is 2.90. The lowest BCUT2D eigenvalue weighted by Gasteiger charge is -2.04. The molecular weight excluding hydrogens is 206 g/mol. The Morgan fingerprint density at radius 3 is 2.73 bits per heavy atom. The minimum absolute atomic E-state index is 0.168. The molecule has 0 aliphatic heterocycles. The first-order valence-corrected chi connectivity index (χ1v) is 4.37. The van der Waals surface area contributed by atoms with Crippen LogP contribution in [0, 0.1) is 11.6 Å². The average Bonchev–Trinajstić information content (AvgIpc) is 2.13. The zero-order valence-electron chi connectivity index (χ0n) is 8.09. The second kappa shape index (κ2) is 4.72. The van der Waals surface area contributed by atoms with E-state index in [4.69, 9.17) is 5.11 Å². The summed E-state index contributed by atoms with van der Waals surface area (Å²) in [5.41, 5.74) is -0.217. The third-order valence-corrected chi connectivity index (χ3v) is 1.73. The number of hydrogen-bond acceptors (Lipinski definition) is 3. The van der Waals surface area contributed by atoms with E-state index in [-0.39, 0.29) is 12.2 Å². The van der Waals surface area contributed by atoms with Crippen LogP contribution < -0.4 is 0 Å². The van der Waals surface area contributed by atoms with E-state index in [2.05, 4.69) is 4.74 Å². The summed E-state index contributed by atoms with van der Waals surface area (Å²) < 4.78 is 30.5. The zero-order valence-corrected chi connectivity index (χ0v) is 8.09. The highest BCUT2D eigenvalue weighted by molar-refractivity contribution is 5.72. The van der Waals surface area contributed by atoms with E-state index in [0.29, 0.717) is 6.07 Å². The molecule has 3 nitrogen and oxygen atoms in total. The van der Waals surface area contributed by atoms with Gasteiger partial charge in [0.1, 0.15) is 5.82 Å². The van der Waals surface area contributed by atoms with Gasteiger partial charge < -0.3 is 9.84 Å². The maximum atomic E-state index is 13.2. The molecule has 0 amide bonds. The van der Waals surface area contributed by atoms with Crippen molar-refractivity contribution in [1.29, 1.82) is 0 Å². The number of hydrogen-bond donors (Lipinski definition) is 1. The highest BCUT2D eigenvalue weighted by atomic mass is 19.1. The van der Waals surface area contributed by atoms with Gasteiger partial charge in [-0.25, -0.2) is 8.78 Å². The number of phenols is 1. The highest BCUT2D eigenvalue weighted by Gasteiger charge is 2.14. The fourth-order valence-electron chi connectivity index (χ4n) is 1.13. The van der Waals surface area contributed by atoms with Crippen molar-refractivity contribution in [2.45, 2.75) is 13.3 Å². The molecule has 1 aromatic rings. The molecule has 0 unspecified atom stereocenters. The lowest BCUT2D eigenvalue weighted by molar-refractivity contribution is -0.142. The van der Waals surface area contributed by atoms with Crippen molar-refractivity contribution >= 4 is 5.97 Å². The topological polar surface area (TPSA) is 46.5 Å². The molecule has 1 rings (SSSR count). The Labute approximate surface area is 85.3 Å². The van der Waals surface area contributed by atoms with Gasteiger partial charge in [0.25, 0.3) is 0 Å². The normalized spacial score (nSPS) is 10.1. The van der Waals surface area contributed by atoms with Crippen LogP contribution >= 0.6 is 0 Å². The predicted octanol–water partition coefficient (Wildman–Crippen LogP) is 1.78. The van der Waals surface area contributed by atoms with Crippen LogP contribution in [-0.2, 0) is 16.0 Å². The van der Waals surface area contributed by atoms with E-state index >= 15 is 0 Å². The molecule has 0 saturated carbocycles. The van der Waals surface area contributed by atoms with Gasteiger partial charge in [-0.05, 0) is 13.0 Å². The van der Waals surface area contributed by atoms with Gasteiger partial charge in [0, 0.05) is 11.6 Å². The quantitative estimate of drug-likeness (QED) is 0.783. The van der Waals surface area contributed by atoms with Crippen molar-refractivity contribution < 1.29 is 23.4 Å². The number of carbonyl (C=O) groups excluding carboxylic acids is 1. The number of aromatic hydroxyl groups is 1. The van der Waals surface area contributed by atoms with E-state index in [9.17, 15) is 13.6 Å². The average molecular weight is 216 g/mol. The molecule has 0 saturated heterocycles. The Morgan fingerprint density at radius 1 is 1.47 bits per heavy atom. The van der Waals surface area contributed by atoms with E-state index in [1.54, 1.807) is 6.92 Å². The number of esters is 1. The molecule has 0 radical (unpaired) electrons. The molecule has 0 aliphatic rings. The summed E-state index contributed by atoms with van der Waals surface area (Å²) in [7, 11) is 0. The summed E-state index contributed by atoms with van der Waals surface area (Å²) in [6.07, 6.45) is -0.398. The predicted molar refractivity (Wildman–Crippen MR) is 48.4 cm³/mol. The van der Waals surface area contributed by atoms with Gasteiger partial charge in [0.05, 0.1) is 13.0 Å². The first kappa shape index (κ1) is 11.4. The van der Waals surface area contributed by atoms with Crippen LogP contribution in [0.15, 0.2) is 12.1 Å². The molecule has 5 heteroatoms. The molecule has 0 spiro atoms. The molecule has 0 atom stereocenters. The molecule has 0 heterocycles. The first-order valence-electron chi connectivity index (χ1n) is 4.37. The van der Waals surface area contributed by atoms with Crippen molar-refractivity contribution in [2.75, 3.05) is 6.61 Å². The Kier molecular flexibility index (Phi) is 3.60. The van der Waals surface area contributed by atoms with Crippen LogP contribution in [0.1, 0.15) is 12.5 Å². The lowest BCUT2D eigenvalue weighted by atomic mass is 10.1. The summed E-state index contributed by atoms with van der Waals surface area (Å²) >= 11 is 0. The van der Waals surface area contributed by atoms with Gasteiger partial charge in [-0.2, -0.15) is 0 Å². The Bertz CT molecular complexity index is 377. The van der Waals surface area contributed by atoms with Crippen molar-refractivity contribution in [1.82, 2.24) is 0 Å². The summed E-state index contributed by atoms with van der Waals surface area (Å²) in [6, 6.07) is 1.50. The van der Waals surface area contributed by atoms with E-state index in [1.165, 1.54) is 0 Å². The van der Waals surface area contributed by atoms with Gasteiger partial charge in [0.2, 0.25) is 0 Å². The molecule has 15 heavy (non-hydrogen) atoms.